The largest absolute Gasteiger partial charge is 0.382 e. The van der Waals surface area contributed by atoms with Gasteiger partial charge in [-0.05, 0) is 31.2 Å². The first-order valence-electron chi connectivity index (χ1n) is 6.86. The molecule has 5 nitrogen and oxygen atoms in total. The summed E-state index contributed by atoms with van der Waals surface area (Å²) in [4.78, 5) is 10.9. The average Bonchev–Trinajstić information content (AvgIpc) is 2.93. The number of benzene rings is 1. The number of nitro groups is 1. The van der Waals surface area contributed by atoms with Crippen LogP contribution in [0.5, 0.6) is 0 Å². The van der Waals surface area contributed by atoms with Crippen LogP contribution in [0.3, 0.4) is 0 Å². The van der Waals surface area contributed by atoms with Crippen LogP contribution in [0.2, 0.25) is 0 Å². The van der Waals surface area contributed by atoms with Crippen LogP contribution in [0, 0.1) is 10.1 Å². The number of nitro benzene ring substituents is 1. The Balaban J connectivity index is 2.19. The number of nitrogens with one attached hydrogen (secondary N) is 2. The number of para-hydroxylation sites is 1. The molecule has 2 N–H and O–H groups in total. The summed E-state index contributed by atoms with van der Waals surface area (Å²) in [7, 11) is 1.70. The predicted octanol–water partition coefficient (Wildman–Crippen LogP) is 3.72. The first-order valence-corrected chi connectivity index (χ1v) is 8.08. The molecule has 0 amide bonds. The highest BCUT2D eigenvalue weighted by Gasteiger charge is 2.33. The SMILES string of the molecule is CNc1cccc(NCC2(SC)CCCC2)c1[N+](=O)[O-]. The molecule has 6 heteroatoms. The summed E-state index contributed by atoms with van der Waals surface area (Å²) in [6, 6.07) is 5.34. The Morgan fingerprint density at radius 3 is 2.55 bits per heavy atom. The third-order valence-electron chi connectivity index (χ3n) is 4.04. The van der Waals surface area contributed by atoms with Crippen molar-refractivity contribution in [3.05, 3.63) is 28.3 Å². The smallest absolute Gasteiger partial charge is 0.315 e. The van der Waals surface area contributed by atoms with Crippen LogP contribution in [0.25, 0.3) is 0 Å². The molecule has 1 aliphatic rings. The Morgan fingerprint density at radius 2 is 2.00 bits per heavy atom. The van der Waals surface area contributed by atoms with Gasteiger partial charge in [-0.2, -0.15) is 11.8 Å². The van der Waals surface area contributed by atoms with Gasteiger partial charge in [0.05, 0.1) is 4.92 Å². The van der Waals surface area contributed by atoms with E-state index in [9.17, 15) is 10.1 Å². The van der Waals surface area contributed by atoms with Crippen LogP contribution >= 0.6 is 11.8 Å². The minimum absolute atomic E-state index is 0.129. The fourth-order valence-electron chi connectivity index (χ4n) is 2.81. The summed E-state index contributed by atoms with van der Waals surface area (Å²) in [5.41, 5.74) is 1.27. The minimum atomic E-state index is -0.325. The molecule has 110 valence electrons. The molecule has 0 heterocycles. The second-order valence-electron chi connectivity index (χ2n) is 5.16. The van der Waals surface area contributed by atoms with Crippen LogP contribution in [-0.4, -0.2) is 29.5 Å². The number of hydrogen-bond acceptors (Lipinski definition) is 5. The van der Waals surface area contributed by atoms with E-state index in [1.54, 1.807) is 19.2 Å². The molecule has 1 aliphatic carbocycles. The first kappa shape index (κ1) is 15.0. The van der Waals surface area contributed by atoms with E-state index in [-0.39, 0.29) is 15.4 Å². The van der Waals surface area contributed by atoms with E-state index in [1.807, 2.05) is 17.8 Å². The molecule has 0 aromatic heterocycles. The van der Waals surface area contributed by atoms with Crippen molar-refractivity contribution in [3.63, 3.8) is 0 Å². The summed E-state index contributed by atoms with van der Waals surface area (Å²) in [5.74, 6) is 0. The predicted molar refractivity (Wildman–Crippen MR) is 85.8 cm³/mol. The minimum Gasteiger partial charge on any atom is -0.382 e. The van der Waals surface area contributed by atoms with Gasteiger partial charge >= 0.3 is 5.69 Å². The van der Waals surface area contributed by atoms with E-state index in [0.29, 0.717) is 11.4 Å². The van der Waals surface area contributed by atoms with Crippen molar-refractivity contribution in [1.29, 1.82) is 0 Å². The van der Waals surface area contributed by atoms with Gasteiger partial charge in [0.15, 0.2) is 0 Å². The summed E-state index contributed by atoms with van der Waals surface area (Å²) in [6.07, 6.45) is 7.00. The fraction of sp³-hybridized carbons (Fsp3) is 0.571. The van der Waals surface area contributed by atoms with Gasteiger partial charge in [0, 0.05) is 18.3 Å². The molecule has 0 bridgehead atoms. The van der Waals surface area contributed by atoms with Crippen molar-refractivity contribution >= 4 is 28.8 Å². The quantitative estimate of drug-likeness (QED) is 0.618. The second-order valence-corrected chi connectivity index (χ2v) is 6.43. The summed E-state index contributed by atoms with van der Waals surface area (Å²) >= 11 is 1.88. The third-order valence-corrected chi connectivity index (χ3v) is 5.46. The van der Waals surface area contributed by atoms with E-state index in [4.69, 9.17) is 0 Å². The molecule has 0 saturated heterocycles. The molecule has 0 unspecified atom stereocenters. The maximum atomic E-state index is 11.3. The molecule has 1 saturated carbocycles. The fourth-order valence-corrected chi connectivity index (χ4v) is 3.73. The van der Waals surface area contributed by atoms with Crippen molar-refractivity contribution in [2.24, 2.45) is 0 Å². The number of anilines is 2. The molecular weight excluding hydrogens is 274 g/mol. The van der Waals surface area contributed by atoms with Crippen molar-refractivity contribution < 1.29 is 4.92 Å². The normalized spacial score (nSPS) is 16.9. The maximum absolute atomic E-state index is 11.3. The highest BCUT2D eigenvalue weighted by Crippen LogP contribution is 2.41. The summed E-state index contributed by atoms with van der Waals surface area (Å²) in [5, 5.41) is 17.4. The molecule has 1 aromatic carbocycles. The Hall–Kier alpha value is -1.43. The van der Waals surface area contributed by atoms with Gasteiger partial charge < -0.3 is 10.6 Å². The lowest BCUT2D eigenvalue weighted by Gasteiger charge is -2.27. The zero-order valence-electron chi connectivity index (χ0n) is 11.9. The second kappa shape index (κ2) is 6.35. The molecule has 0 radical (unpaired) electrons. The monoisotopic (exact) mass is 295 g/mol. The zero-order valence-corrected chi connectivity index (χ0v) is 12.8. The molecule has 0 aliphatic heterocycles. The molecule has 1 fully saturated rings. The van der Waals surface area contributed by atoms with Gasteiger partial charge in [0.2, 0.25) is 0 Å². The molecule has 0 atom stereocenters. The van der Waals surface area contributed by atoms with Crippen LogP contribution in [0.4, 0.5) is 17.1 Å². The zero-order chi connectivity index (χ0) is 14.6. The Labute approximate surface area is 123 Å². The first-order chi connectivity index (χ1) is 9.62. The van der Waals surface area contributed by atoms with Crippen molar-refractivity contribution in [1.82, 2.24) is 0 Å². The van der Waals surface area contributed by atoms with E-state index in [0.717, 1.165) is 6.54 Å². The van der Waals surface area contributed by atoms with Gasteiger partial charge in [0.1, 0.15) is 11.4 Å². The Morgan fingerprint density at radius 1 is 1.35 bits per heavy atom. The Kier molecular flexibility index (Phi) is 4.75. The van der Waals surface area contributed by atoms with Crippen LogP contribution in [-0.2, 0) is 0 Å². The number of thioether (sulfide) groups is 1. The average molecular weight is 295 g/mol. The van der Waals surface area contributed by atoms with Crippen molar-refractivity contribution in [3.8, 4) is 0 Å². The number of hydrogen-bond donors (Lipinski definition) is 2. The van der Waals surface area contributed by atoms with Gasteiger partial charge in [-0.25, -0.2) is 0 Å². The molecule has 20 heavy (non-hydrogen) atoms. The maximum Gasteiger partial charge on any atom is 0.315 e. The molecule has 0 spiro atoms. The van der Waals surface area contributed by atoms with Crippen molar-refractivity contribution in [2.45, 2.75) is 30.4 Å². The highest BCUT2D eigenvalue weighted by molar-refractivity contribution is 8.00. The number of nitrogens with zero attached hydrogens (tertiary/aromatic N) is 1. The number of rotatable bonds is 6. The molecule has 2 rings (SSSR count). The summed E-state index contributed by atoms with van der Waals surface area (Å²) < 4.78 is 0.226. The molecule has 1 aromatic rings. The van der Waals surface area contributed by atoms with Crippen LogP contribution < -0.4 is 10.6 Å². The van der Waals surface area contributed by atoms with Crippen molar-refractivity contribution in [2.75, 3.05) is 30.5 Å². The Bertz CT molecular complexity index is 487. The molecular formula is C14H21N3O2S. The lowest BCUT2D eigenvalue weighted by molar-refractivity contribution is -0.383. The lowest BCUT2D eigenvalue weighted by atomic mass is 10.1. The summed E-state index contributed by atoms with van der Waals surface area (Å²) in [6.45, 7) is 0.780. The van der Waals surface area contributed by atoms with E-state index in [1.165, 1.54) is 25.7 Å². The van der Waals surface area contributed by atoms with E-state index >= 15 is 0 Å². The van der Waals surface area contributed by atoms with Crippen LogP contribution in [0.15, 0.2) is 18.2 Å². The van der Waals surface area contributed by atoms with Gasteiger partial charge in [-0.3, -0.25) is 10.1 Å². The topological polar surface area (TPSA) is 67.2 Å². The van der Waals surface area contributed by atoms with Crippen LogP contribution in [0.1, 0.15) is 25.7 Å². The van der Waals surface area contributed by atoms with Gasteiger partial charge in [0.25, 0.3) is 0 Å². The van der Waals surface area contributed by atoms with E-state index < -0.39 is 0 Å². The van der Waals surface area contributed by atoms with Gasteiger partial charge in [-0.15, -0.1) is 0 Å². The highest BCUT2D eigenvalue weighted by atomic mass is 32.2. The third kappa shape index (κ3) is 3.00. The van der Waals surface area contributed by atoms with E-state index in [2.05, 4.69) is 16.9 Å². The van der Waals surface area contributed by atoms with Gasteiger partial charge in [-0.1, -0.05) is 18.9 Å². The standard InChI is InChI=1S/C14H21N3O2S/c1-15-11-6-5-7-12(13(11)17(18)19)16-10-14(20-2)8-3-4-9-14/h5-7,15-16H,3-4,8-10H2,1-2H3. The lowest BCUT2D eigenvalue weighted by Crippen LogP contribution is -2.30.